The second-order valence-electron chi connectivity index (χ2n) is 12.6. The number of carbonyl (C=O) groups is 1. The van der Waals surface area contributed by atoms with E-state index < -0.39 is 36.9 Å². The van der Waals surface area contributed by atoms with Crippen LogP contribution in [0.4, 0.5) is 0 Å². The molecule has 4 atom stereocenters. The SMILES string of the molecule is CCCCCCCCCCCCCCCCCCC(O)C(O)C(CO)NC(=O)C(O)CCCCCCCCCCC. The van der Waals surface area contributed by atoms with Crippen molar-refractivity contribution < 1.29 is 25.2 Å². The third kappa shape index (κ3) is 25.5. The van der Waals surface area contributed by atoms with Gasteiger partial charge in [0.25, 0.3) is 0 Å². The molecule has 0 bridgehead atoms. The number of aliphatic hydroxyl groups excluding tert-OH is 4. The largest absolute Gasteiger partial charge is 0.394 e. The number of nitrogens with one attached hydrogen (secondary N) is 1. The number of aliphatic hydroxyl groups is 4. The summed E-state index contributed by atoms with van der Waals surface area (Å²) < 4.78 is 0. The summed E-state index contributed by atoms with van der Waals surface area (Å²) >= 11 is 0. The van der Waals surface area contributed by atoms with Crippen LogP contribution in [-0.4, -0.2) is 57.3 Å². The summed E-state index contributed by atoms with van der Waals surface area (Å²) in [6.07, 6.45) is 28.4. The van der Waals surface area contributed by atoms with Gasteiger partial charge in [-0.1, -0.05) is 174 Å². The zero-order chi connectivity index (χ0) is 30.4. The van der Waals surface area contributed by atoms with E-state index in [1.807, 2.05) is 0 Å². The fourth-order valence-electron chi connectivity index (χ4n) is 5.64. The van der Waals surface area contributed by atoms with Gasteiger partial charge >= 0.3 is 0 Å². The Bertz CT molecular complexity index is 547. The Hall–Kier alpha value is -0.690. The lowest BCUT2D eigenvalue weighted by molar-refractivity contribution is -0.132. The summed E-state index contributed by atoms with van der Waals surface area (Å²) in [5, 5.41) is 43.3. The molecule has 0 spiro atoms. The molecule has 5 N–H and O–H groups in total. The van der Waals surface area contributed by atoms with E-state index in [1.54, 1.807) is 0 Å². The molecule has 0 saturated carbocycles. The van der Waals surface area contributed by atoms with E-state index in [9.17, 15) is 25.2 Å². The van der Waals surface area contributed by atoms with E-state index in [2.05, 4.69) is 19.2 Å². The molecule has 0 fully saturated rings. The fourth-order valence-corrected chi connectivity index (χ4v) is 5.64. The number of unbranched alkanes of at least 4 members (excludes halogenated alkanes) is 23. The first-order chi connectivity index (χ1) is 20.0. The Morgan fingerprint density at radius 1 is 0.512 bits per heavy atom. The average molecular weight is 586 g/mol. The van der Waals surface area contributed by atoms with E-state index >= 15 is 0 Å². The van der Waals surface area contributed by atoms with Crippen LogP contribution < -0.4 is 5.32 Å². The zero-order valence-corrected chi connectivity index (χ0v) is 27.3. The fraction of sp³-hybridized carbons (Fsp3) is 0.971. The Morgan fingerprint density at radius 3 is 1.17 bits per heavy atom. The van der Waals surface area contributed by atoms with Gasteiger partial charge in [-0.15, -0.1) is 0 Å². The van der Waals surface area contributed by atoms with Crippen LogP contribution in [0.1, 0.15) is 187 Å². The van der Waals surface area contributed by atoms with Crippen LogP contribution in [0.15, 0.2) is 0 Å². The van der Waals surface area contributed by atoms with E-state index in [-0.39, 0.29) is 0 Å². The van der Waals surface area contributed by atoms with Crippen LogP contribution >= 0.6 is 0 Å². The van der Waals surface area contributed by atoms with Gasteiger partial charge in [0.1, 0.15) is 12.2 Å². The standard InChI is InChI=1S/C35H71NO5/c1-3-5-7-9-11-13-14-15-16-17-18-19-21-22-24-26-28-32(38)34(40)31(30-37)36-35(41)33(39)29-27-25-23-20-12-10-8-6-4-2/h31-34,37-40H,3-30H2,1-2H3,(H,36,41). The lowest BCUT2D eigenvalue weighted by atomic mass is 9.99. The first kappa shape index (κ1) is 40.3. The molecule has 0 aromatic rings. The van der Waals surface area contributed by atoms with E-state index in [1.165, 1.54) is 122 Å². The molecule has 4 unspecified atom stereocenters. The summed E-state index contributed by atoms with van der Waals surface area (Å²) in [5.74, 6) is -0.586. The normalized spacial score (nSPS) is 14.6. The molecule has 0 saturated heterocycles. The van der Waals surface area contributed by atoms with Gasteiger partial charge in [0.2, 0.25) is 5.91 Å². The Labute approximate surface area is 254 Å². The molecule has 0 aliphatic rings. The van der Waals surface area contributed by atoms with Crippen molar-refractivity contribution in [3.8, 4) is 0 Å². The molecule has 0 rings (SSSR count). The zero-order valence-electron chi connectivity index (χ0n) is 27.3. The molecule has 0 aliphatic heterocycles. The van der Waals surface area contributed by atoms with Crippen LogP contribution in [0.5, 0.6) is 0 Å². The highest BCUT2D eigenvalue weighted by Crippen LogP contribution is 2.16. The molecule has 6 heteroatoms. The van der Waals surface area contributed by atoms with Crippen molar-refractivity contribution >= 4 is 5.91 Å². The van der Waals surface area contributed by atoms with Crippen LogP contribution in [0.3, 0.4) is 0 Å². The van der Waals surface area contributed by atoms with Crippen LogP contribution in [0.2, 0.25) is 0 Å². The molecule has 0 radical (unpaired) electrons. The predicted molar refractivity (Wildman–Crippen MR) is 173 cm³/mol. The van der Waals surface area contributed by atoms with Gasteiger partial charge in [-0.2, -0.15) is 0 Å². The number of carbonyl (C=O) groups excluding carboxylic acids is 1. The maximum atomic E-state index is 12.4. The Kier molecular flexibility index (Phi) is 30.2. The lowest BCUT2D eigenvalue weighted by Crippen LogP contribution is -2.53. The van der Waals surface area contributed by atoms with E-state index in [4.69, 9.17) is 0 Å². The second-order valence-corrected chi connectivity index (χ2v) is 12.6. The monoisotopic (exact) mass is 586 g/mol. The number of hydrogen-bond donors (Lipinski definition) is 5. The molecule has 246 valence electrons. The molecule has 1 amide bonds. The van der Waals surface area contributed by atoms with Crippen LogP contribution in [0.25, 0.3) is 0 Å². The van der Waals surface area contributed by atoms with Gasteiger partial charge in [-0.25, -0.2) is 0 Å². The highest BCUT2D eigenvalue weighted by Gasteiger charge is 2.28. The third-order valence-corrected chi connectivity index (χ3v) is 8.57. The van der Waals surface area contributed by atoms with Crippen LogP contribution in [-0.2, 0) is 4.79 Å². The van der Waals surface area contributed by atoms with Gasteiger partial charge in [0, 0.05) is 0 Å². The van der Waals surface area contributed by atoms with Crippen molar-refractivity contribution in [1.29, 1.82) is 0 Å². The summed E-state index contributed by atoms with van der Waals surface area (Å²) in [6.45, 7) is 4.01. The molecule has 0 aromatic heterocycles. The molecular weight excluding hydrogens is 514 g/mol. The first-order valence-corrected chi connectivity index (χ1v) is 17.9. The summed E-state index contributed by atoms with van der Waals surface area (Å²) in [7, 11) is 0. The molecule has 0 aromatic carbocycles. The van der Waals surface area contributed by atoms with Crippen molar-refractivity contribution in [2.75, 3.05) is 6.61 Å². The number of amides is 1. The summed E-state index contributed by atoms with van der Waals surface area (Å²) in [5.41, 5.74) is 0. The molecule has 41 heavy (non-hydrogen) atoms. The smallest absolute Gasteiger partial charge is 0.249 e. The minimum Gasteiger partial charge on any atom is -0.394 e. The van der Waals surface area contributed by atoms with Gasteiger partial charge in [-0.3, -0.25) is 4.79 Å². The van der Waals surface area contributed by atoms with Crippen molar-refractivity contribution in [2.24, 2.45) is 0 Å². The van der Waals surface area contributed by atoms with E-state index in [0.29, 0.717) is 12.8 Å². The topological polar surface area (TPSA) is 110 Å². The van der Waals surface area contributed by atoms with Gasteiger partial charge in [0.15, 0.2) is 0 Å². The Balaban J connectivity index is 3.78. The predicted octanol–water partition coefficient (Wildman–Crippen LogP) is 8.12. The minimum absolute atomic E-state index is 0.373. The third-order valence-electron chi connectivity index (χ3n) is 8.57. The van der Waals surface area contributed by atoms with Crippen molar-refractivity contribution in [3.63, 3.8) is 0 Å². The molecule has 0 aliphatic carbocycles. The second kappa shape index (κ2) is 30.8. The minimum atomic E-state index is -1.25. The van der Waals surface area contributed by atoms with Gasteiger partial charge in [-0.05, 0) is 12.8 Å². The Morgan fingerprint density at radius 2 is 0.829 bits per heavy atom. The lowest BCUT2D eigenvalue weighted by Gasteiger charge is -2.27. The highest BCUT2D eigenvalue weighted by molar-refractivity contribution is 5.80. The molecule has 0 heterocycles. The first-order valence-electron chi connectivity index (χ1n) is 17.9. The van der Waals surface area contributed by atoms with Gasteiger partial charge in [0.05, 0.1) is 18.8 Å². The molecular formula is C35H71NO5. The number of hydrogen-bond acceptors (Lipinski definition) is 5. The maximum Gasteiger partial charge on any atom is 0.249 e. The summed E-state index contributed by atoms with van der Waals surface area (Å²) in [4.78, 5) is 12.4. The summed E-state index contributed by atoms with van der Waals surface area (Å²) in [6, 6.07) is -0.976. The average Bonchev–Trinajstić information content (AvgIpc) is 2.98. The van der Waals surface area contributed by atoms with Crippen molar-refractivity contribution in [2.45, 2.75) is 212 Å². The molecule has 6 nitrogen and oxygen atoms in total. The van der Waals surface area contributed by atoms with Crippen molar-refractivity contribution in [3.05, 3.63) is 0 Å². The number of rotatable bonds is 32. The van der Waals surface area contributed by atoms with Gasteiger partial charge < -0.3 is 25.7 Å². The van der Waals surface area contributed by atoms with Crippen molar-refractivity contribution in [1.82, 2.24) is 5.32 Å². The van der Waals surface area contributed by atoms with Crippen LogP contribution in [0, 0.1) is 0 Å². The maximum absolute atomic E-state index is 12.4. The highest BCUT2D eigenvalue weighted by atomic mass is 16.3. The van der Waals surface area contributed by atoms with E-state index in [0.717, 1.165) is 38.5 Å². The quantitative estimate of drug-likeness (QED) is 0.0512.